The number of carbonyl (C=O) groups excluding carboxylic acids is 1. The van der Waals surface area contributed by atoms with Crippen molar-refractivity contribution in [1.29, 1.82) is 0 Å². The topological polar surface area (TPSA) is 86.6 Å². The number of Topliss-reactive ketones (excluding diaryl/α,β-unsaturated/α-hetero) is 1. The smallest absolute Gasteiger partial charge is 0.333 e. The van der Waals surface area contributed by atoms with Gasteiger partial charge in [-0.3, -0.25) is 4.79 Å². The molecule has 0 saturated heterocycles. The van der Waals surface area contributed by atoms with Crippen molar-refractivity contribution in [2.24, 2.45) is 11.8 Å². The largest absolute Gasteiger partial charge is 0.479 e. The maximum Gasteiger partial charge on any atom is 0.333 e. The first-order chi connectivity index (χ1) is 11.4. The highest BCUT2D eigenvalue weighted by Crippen LogP contribution is 2.26. The molecule has 0 spiro atoms. The lowest BCUT2D eigenvalue weighted by atomic mass is 9.82. The van der Waals surface area contributed by atoms with Gasteiger partial charge in [0.2, 0.25) is 0 Å². The molecule has 0 saturated carbocycles. The van der Waals surface area contributed by atoms with Gasteiger partial charge in [0.05, 0.1) is 12.0 Å². The third-order valence-electron chi connectivity index (χ3n) is 4.35. The minimum atomic E-state index is -1.66. The van der Waals surface area contributed by atoms with E-state index in [0.717, 1.165) is 11.1 Å². The molecule has 1 unspecified atom stereocenters. The van der Waals surface area contributed by atoms with Gasteiger partial charge in [0.1, 0.15) is 0 Å². The number of hydrogen-bond acceptors (Lipinski definition) is 4. The van der Waals surface area contributed by atoms with Crippen LogP contribution in [0, 0.1) is 11.8 Å². The normalized spacial score (nSPS) is 20.3. The number of carbonyl (C=O) groups is 2. The Morgan fingerprint density at radius 1 is 1.25 bits per heavy atom. The van der Waals surface area contributed by atoms with E-state index in [1.165, 1.54) is 0 Å². The first-order valence-electron chi connectivity index (χ1n) is 8.32. The molecule has 2 rings (SSSR count). The number of nitrogens with one attached hydrogen (secondary N) is 1. The zero-order valence-corrected chi connectivity index (χ0v) is 14.1. The van der Waals surface area contributed by atoms with E-state index in [4.69, 9.17) is 5.11 Å². The van der Waals surface area contributed by atoms with Crippen molar-refractivity contribution in [3.05, 3.63) is 42.0 Å². The van der Waals surface area contributed by atoms with Crippen molar-refractivity contribution >= 4 is 17.3 Å². The van der Waals surface area contributed by atoms with Gasteiger partial charge in [-0.2, -0.15) is 0 Å². The summed E-state index contributed by atoms with van der Waals surface area (Å²) in [6, 6.07) is 9.36. The number of ketones is 1. The summed E-state index contributed by atoms with van der Waals surface area (Å²) in [6.45, 7) is 4.38. The number of carboxylic acid groups (broad SMARTS) is 1. The molecule has 130 valence electrons. The lowest BCUT2D eigenvalue weighted by molar-refractivity contribution is -0.153. The van der Waals surface area contributed by atoms with Crippen LogP contribution in [0.25, 0.3) is 5.57 Å². The number of hydrogen-bond donors (Lipinski definition) is 3. The number of aliphatic hydroxyl groups is 1. The van der Waals surface area contributed by atoms with Crippen molar-refractivity contribution in [1.82, 2.24) is 5.32 Å². The van der Waals surface area contributed by atoms with E-state index in [1.54, 1.807) is 0 Å². The van der Waals surface area contributed by atoms with Crippen molar-refractivity contribution in [3.63, 3.8) is 0 Å². The number of carboxylic acids is 1. The van der Waals surface area contributed by atoms with Gasteiger partial charge >= 0.3 is 5.97 Å². The first-order valence-corrected chi connectivity index (χ1v) is 8.32. The molecule has 0 radical (unpaired) electrons. The maximum absolute atomic E-state index is 12.8. The van der Waals surface area contributed by atoms with Crippen molar-refractivity contribution < 1.29 is 19.8 Å². The molecule has 0 aromatic heterocycles. The van der Waals surface area contributed by atoms with E-state index in [0.29, 0.717) is 19.4 Å². The fourth-order valence-electron chi connectivity index (χ4n) is 3.13. The van der Waals surface area contributed by atoms with Crippen LogP contribution in [0.2, 0.25) is 0 Å². The molecule has 3 N–H and O–H groups in total. The number of rotatable bonds is 7. The minimum absolute atomic E-state index is 0.126. The van der Waals surface area contributed by atoms with Crippen molar-refractivity contribution in [2.45, 2.75) is 38.8 Å². The molecule has 0 bridgehead atoms. The summed E-state index contributed by atoms with van der Waals surface area (Å²) < 4.78 is 0. The predicted octanol–water partition coefficient (Wildman–Crippen LogP) is 2.11. The van der Waals surface area contributed by atoms with Crippen LogP contribution in [0.15, 0.2) is 36.4 Å². The zero-order valence-electron chi connectivity index (χ0n) is 14.1. The molecule has 5 nitrogen and oxygen atoms in total. The van der Waals surface area contributed by atoms with Crippen LogP contribution in [0.1, 0.15) is 32.3 Å². The van der Waals surface area contributed by atoms with Crippen molar-refractivity contribution in [2.75, 3.05) is 6.54 Å². The highest BCUT2D eigenvalue weighted by molar-refractivity contribution is 5.92. The summed E-state index contributed by atoms with van der Waals surface area (Å²) in [5.74, 6) is -2.33. The highest BCUT2D eigenvalue weighted by atomic mass is 16.4. The van der Waals surface area contributed by atoms with Gasteiger partial charge in [0, 0.05) is 6.54 Å². The van der Waals surface area contributed by atoms with Gasteiger partial charge in [-0.1, -0.05) is 50.3 Å². The first kappa shape index (κ1) is 18.4. The van der Waals surface area contributed by atoms with Crippen LogP contribution in [0.3, 0.4) is 0 Å². The third kappa shape index (κ3) is 4.52. The van der Waals surface area contributed by atoms with Crippen molar-refractivity contribution in [3.8, 4) is 0 Å². The Morgan fingerprint density at radius 3 is 2.50 bits per heavy atom. The van der Waals surface area contributed by atoms with E-state index in [1.807, 2.05) is 50.3 Å². The summed E-state index contributed by atoms with van der Waals surface area (Å²) >= 11 is 0. The fourth-order valence-corrected chi connectivity index (χ4v) is 3.13. The second-order valence-corrected chi connectivity index (χ2v) is 6.68. The van der Waals surface area contributed by atoms with Crippen LogP contribution in [-0.4, -0.2) is 40.7 Å². The second kappa shape index (κ2) is 8.22. The zero-order chi connectivity index (χ0) is 17.7. The standard InChI is InChI=1S/C19H25NO4/c1-12(2)10-15(18(22)19(23)24)17(21)16-11-14(8-9-20-16)13-6-4-3-5-7-13/h3-8,12,15-16,18,20,22H,9-11H2,1-2H3,(H,23,24)/t15-,16?,18-/m1/s1. The third-order valence-corrected chi connectivity index (χ3v) is 4.35. The molecule has 3 atom stereocenters. The summed E-state index contributed by atoms with van der Waals surface area (Å²) in [5, 5.41) is 22.2. The quantitative estimate of drug-likeness (QED) is 0.712. The molecule has 5 heteroatoms. The van der Waals surface area contributed by atoms with Gasteiger partial charge in [-0.25, -0.2) is 4.79 Å². The monoisotopic (exact) mass is 331 g/mol. The van der Waals surface area contributed by atoms with Gasteiger partial charge in [-0.15, -0.1) is 0 Å². The Labute approximate surface area is 142 Å². The van der Waals surface area contributed by atoms with Crippen LogP contribution < -0.4 is 5.32 Å². The van der Waals surface area contributed by atoms with Gasteiger partial charge < -0.3 is 15.5 Å². The molecule has 1 heterocycles. The Morgan fingerprint density at radius 2 is 1.92 bits per heavy atom. The molecule has 1 aromatic carbocycles. The predicted molar refractivity (Wildman–Crippen MR) is 92.4 cm³/mol. The molecule has 0 fully saturated rings. The Bertz CT molecular complexity index is 609. The molecule has 24 heavy (non-hydrogen) atoms. The molecular weight excluding hydrogens is 306 g/mol. The van der Waals surface area contributed by atoms with Gasteiger partial charge in [0.15, 0.2) is 11.9 Å². The summed E-state index contributed by atoms with van der Waals surface area (Å²) in [4.78, 5) is 24.0. The van der Waals surface area contributed by atoms with Crippen LogP contribution in [-0.2, 0) is 9.59 Å². The van der Waals surface area contributed by atoms with Crippen LogP contribution >= 0.6 is 0 Å². The summed E-state index contributed by atoms with van der Waals surface area (Å²) in [5.41, 5.74) is 2.14. The van der Waals surface area contributed by atoms with Crippen LogP contribution in [0.4, 0.5) is 0 Å². The SMILES string of the molecule is CC(C)C[C@H](C(=O)C1CC(c2ccccc2)=CCN1)[C@@H](O)C(=O)O. The highest BCUT2D eigenvalue weighted by Gasteiger charge is 2.37. The molecule has 1 aliphatic heterocycles. The summed E-state index contributed by atoms with van der Waals surface area (Å²) in [7, 11) is 0. The average Bonchev–Trinajstić information content (AvgIpc) is 2.59. The lowest BCUT2D eigenvalue weighted by Crippen LogP contribution is -2.47. The molecule has 0 amide bonds. The average molecular weight is 331 g/mol. The fraction of sp³-hybridized carbons (Fsp3) is 0.474. The molecule has 0 aliphatic carbocycles. The van der Waals surface area contributed by atoms with Gasteiger partial charge in [-0.05, 0) is 29.9 Å². The molecule has 1 aromatic rings. The van der Waals surface area contributed by atoms with Crippen LogP contribution in [0.5, 0.6) is 0 Å². The molecule has 1 aliphatic rings. The Kier molecular flexibility index (Phi) is 6.29. The second-order valence-electron chi connectivity index (χ2n) is 6.68. The van der Waals surface area contributed by atoms with E-state index in [-0.39, 0.29) is 11.7 Å². The number of benzene rings is 1. The number of aliphatic carboxylic acids is 1. The Balaban J connectivity index is 2.15. The van der Waals surface area contributed by atoms with E-state index in [2.05, 4.69) is 5.32 Å². The lowest BCUT2D eigenvalue weighted by Gasteiger charge is -2.29. The Hall–Kier alpha value is -1.98. The number of aliphatic hydroxyl groups excluding tert-OH is 1. The molecular formula is C19H25NO4. The minimum Gasteiger partial charge on any atom is -0.479 e. The van der Waals surface area contributed by atoms with E-state index in [9.17, 15) is 14.7 Å². The summed E-state index contributed by atoms with van der Waals surface area (Å²) in [6.07, 6.45) is 1.25. The van der Waals surface area contributed by atoms with Gasteiger partial charge in [0.25, 0.3) is 0 Å². The maximum atomic E-state index is 12.8. The van der Waals surface area contributed by atoms with E-state index < -0.39 is 24.0 Å². The van der Waals surface area contributed by atoms with E-state index >= 15 is 0 Å².